The Labute approximate surface area is 105 Å². The van der Waals surface area contributed by atoms with Gasteiger partial charge in [0.2, 0.25) is 0 Å². The summed E-state index contributed by atoms with van der Waals surface area (Å²) in [4.78, 5) is 9.74. The molecule has 2 rings (SSSR count). The van der Waals surface area contributed by atoms with E-state index in [0.29, 0.717) is 5.15 Å². The van der Waals surface area contributed by atoms with Crippen molar-refractivity contribution in [2.45, 2.75) is 13.8 Å². The van der Waals surface area contributed by atoms with Crippen LogP contribution in [0, 0.1) is 13.8 Å². The van der Waals surface area contributed by atoms with E-state index in [9.17, 15) is 0 Å². The Hall–Kier alpha value is -0.450. The first-order valence-electron chi connectivity index (χ1n) is 4.33. The fraction of sp³-hybridized carbons (Fsp3) is 0.200. The number of hydrogen-bond acceptors (Lipinski definition) is 3. The van der Waals surface area contributed by atoms with E-state index in [4.69, 9.17) is 11.6 Å². The van der Waals surface area contributed by atoms with Gasteiger partial charge in [-0.3, -0.25) is 0 Å². The van der Waals surface area contributed by atoms with E-state index in [1.54, 1.807) is 11.3 Å². The Bertz CT molecular complexity index is 510. The Kier molecular flexibility index (Phi) is 3.09. The molecule has 78 valence electrons. The lowest BCUT2D eigenvalue weighted by atomic mass is 10.3. The second-order valence-corrected chi connectivity index (χ2v) is 5.26. The third-order valence-corrected chi connectivity index (χ3v) is 4.20. The van der Waals surface area contributed by atoms with Crippen LogP contribution in [0.1, 0.15) is 11.4 Å². The van der Waals surface area contributed by atoms with Gasteiger partial charge >= 0.3 is 0 Å². The molecule has 0 N–H and O–H groups in total. The summed E-state index contributed by atoms with van der Waals surface area (Å²) in [6, 6.07) is 1.98. The Morgan fingerprint density at radius 1 is 1.27 bits per heavy atom. The lowest BCUT2D eigenvalue weighted by molar-refractivity contribution is 1.05. The Balaban J connectivity index is 2.64. The number of nitrogens with zero attached hydrogens (tertiary/aromatic N) is 2. The van der Waals surface area contributed by atoms with E-state index >= 15 is 0 Å². The summed E-state index contributed by atoms with van der Waals surface area (Å²) in [6.45, 7) is 3.84. The summed E-state index contributed by atoms with van der Waals surface area (Å²) in [5, 5.41) is 2.45. The topological polar surface area (TPSA) is 25.8 Å². The van der Waals surface area contributed by atoms with Crippen LogP contribution in [-0.2, 0) is 0 Å². The van der Waals surface area contributed by atoms with Crippen LogP contribution in [-0.4, -0.2) is 9.97 Å². The highest BCUT2D eigenvalue weighted by Crippen LogP contribution is 2.35. The molecule has 0 aliphatic carbocycles. The van der Waals surface area contributed by atoms with E-state index in [1.807, 2.05) is 25.3 Å². The first kappa shape index (κ1) is 11.0. The van der Waals surface area contributed by atoms with E-state index < -0.39 is 0 Å². The van der Waals surface area contributed by atoms with Crippen molar-refractivity contribution in [2.75, 3.05) is 0 Å². The van der Waals surface area contributed by atoms with Crippen molar-refractivity contribution in [3.8, 4) is 10.6 Å². The molecule has 0 aliphatic rings. The molecule has 0 saturated carbocycles. The molecule has 2 nitrogen and oxygen atoms in total. The number of aromatic nitrogens is 2. The second kappa shape index (κ2) is 4.20. The van der Waals surface area contributed by atoms with Crippen LogP contribution in [0.15, 0.2) is 15.9 Å². The fourth-order valence-corrected chi connectivity index (χ4v) is 3.05. The van der Waals surface area contributed by atoms with Crippen LogP contribution < -0.4 is 0 Å². The summed E-state index contributed by atoms with van der Waals surface area (Å²) in [7, 11) is 0. The molecule has 5 heteroatoms. The van der Waals surface area contributed by atoms with Gasteiger partial charge in [-0.25, -0.2) is 9.97 Å². The molecule has 0 atom stereocenters. The molecule has 0 aliphatic heterocycles. The molecule has 0 fully saturated rings. The van der Waals surface area contributed by atoms with E-state index in [1.165, 1.54) is 0 Å². The van der Waals surface area contributed by atoms with E-state index in [2.05, 4.69) is 25.9 Å². The summed E-state index contributed by atoms with van der Waals surface area (Å²) in [5.41, 5.74) is 2.53. The Morgan fingerprint density at radius 3 is 2.53 bits per heavy atom. The van der Waals surface area contributed by atoms with Gasteiger partial charge in [0, 0.05) is 4.47 Å². The first-order chi connectivity index (χ1) is 7.09. The number of halogens is 2. The van der Waals surface area contributed by atoms with E-state index in [0.717, 1.165) is 26.4 Å². The summed E-state index contributed by atoms with van der Waals surface area (Å²) >= 11 is 11.1. The third-order valence-electron chi connectivity index (χ3n) is 2.10. The van der Waals surface area contributed by atoms with Crippen LogP contribution in [0.3, 0.4) is 0 Å². The SMILES string of the molecule is Cc1nc(Cl)c(-c2sccc2Br)nc1C. The third kappa shape index (κ3) is 2.07. The molecule has 0 unspecified atom stereocenters. The molecule has 2 aromatic rings. The highest BCUT2D eigenvalue weighted by molar-refractivity contribution is 9.10. The van der Waals surface area contributed by atoms with Crippen LogP contribution in [0.25, 0.3) is 10.6 Å². The van der Waals surface area contributed by atoms with Crippen molar-refractivity contribution in [1.29, 1.82) is 0 Å². The highest BCUT2D eigenvalue weighted by Gasteiger charge is 2.13. The van der Waals surface area contributed by atoms with Crippen molar-refractivity contribution < 1.29 is 0 Å². The molecule has 0 amide bonds. The average Bonchev–Trinajstić information content (AvgIpc) is 2.58. The monoisotopic (exact) mass is 302 g/mol. The zero-order valence-electron chi connectivity index (χ0n) is 8.21. The predicted molar refractivity (Wildman–Crippen MR) is 67.5 cm³/mol. The smallest absolute Gasteiger partial charge is 0.156 e. The quantitative estimate of drug-likeness (QED) is 0.787. The van der Waals surface area contributed by atoms with Crippen LogP contribution in [0.4, 0.5) is 0 Å². The molecular formula is C10H8BrClN2S. The molecule has 0 aromatic carbocycles. The maximum atomic E-state index is 6.08. The van der Waals surface area contributed by atoms with Gasteiger partial charge in [-0.2, -0.15) is 0 Å². The molecule has 0 bridgehead atoms. The van der Waals surface area contributed by atoms with Gasteiger partial charge < -0.3 is 0 Å². The predicted octanol–water partition coefficient (Wildman–Crippen LogP) is 4.24. The summed E-state index contributed by atoms with van der Waals surface area (Å²) in [5.74, 6) is 0. The lowest BCUT2D eigenvalue weighted by Crippen LogP contribution is -1.95. The van der Waals surface area contributed by atoms with Gasteiger partial charge in [0.25, 0.3) is 0 Å². The minimum Gasteiger partial charge on any atom is -0.247 e. The number of aryl methyl sites for hydroxylation is 2. The number of rotatable bonds is 1. The normalized spacial score (nSPS) is 10.7. The van der Waals surface area contributed by atoms with Crippen LogP contribution in [0.5, 0.6) is 0 Å². The summed E-state index contributed by atoms with van der Waals surface area (Å²) in [6.07, 6.45) is 0. The number of thiophene rings is 1. The van der Waals surface area contributed by atoms with Gasteiger partial charge in [0.1, 0.15) is 5.69 Å². The molecular weight excluding hydrogens is 296 g/mol. The van der Waals surface area contributed by atoms with Crippen molar-refractivity contribution in [2.24, 2.45) is 0 Å². The molecule has 15 heavy (non-hydrogen) atoms. The van der Waals surface area contributed by atoms with Crippen LogP contribution in [0.2, 0.25) is 5.15 Å². The maximum Gasteiger partial charge on any atom is 0.156 e. The average molecular weight is 304 g/mol. The number of hydrogen-bond donors (Lipinski definition) is 0. The largest absolute Gasteiger partial charge is 0.247 e. The lowest BCUT2D eigenvalue weighted by Gasteiger charge is -2.05. The molecule has 2 aromatic heterocycles. The highest BCUT2D eigenvalue weighted by atomic mass is 79.9. The van der Waals surface area contributed by atoms with Crippen molar-refractivity contribution in [3.05, 3.63) is 32.5 Å². The van der Waals surface area contributed by atoms with Crippen LogP contribution >= 0.6 is 38.9 Å². The van der Waals surface area contributed by atoms with Crippen molar-refractivity contribution in [1.82, 2.24) is 9.97 Å². The van der Waals surface area contributed by atoms with E-state index in [-0.39, 0.29) is 0 Å². The van der Waals surface area contributed by atoms with Crippen molar-refractivity contribution in [3.63, 3.8) is 0 Å². The minimum absolute atomic E-state index is 0.459. The van der Waals surface area contributed by atoms with Gasteiger partial charge in [0.15, 0.2) is 5.15 Å². The zero-order valence-corrected chi connectivity index (χ0v) is 11.4. The zero-order chi connectivity index (χ0) is 11.0. The standard InChI is InChI=1S/C10H8BrClN2S/c1-5-6(2)14-10(12)8(13-5)9-7(11)3-4-15-9/h3-4H,1-2H3. The second-order valence-electron chi connectivity index (χ2n) is 3.13. The maximum absolute atomic E-state index is 6.08. The fourth-order valence-electron chi connectivity index (χ4n) is 1.18. The molecule has 2 heterocycles. The van der Waals surface area contributed by atoms with Gasteiger partial charge in [-0.15, -0.1) is 11.3 Å². The Morgan fingerprint density at radius 2 is 1.93 bits per heavy atom. The van der Waals surface area contributed by atoms with Gasteiger partial charge in [-0.05, 0) is 41.2 Å². The summed E-state index contributed by atoms with van der Waals surface area (Å²) < 4.78 is 1.01. The first-order valence-corrected chi connectivity index (χ1v) is 6.38. The molecule has 0 spiro atoms. The minimum atomic E-state index is 0.459. The van der Waals surface area contributed by atoms with Gasteiger partial charge in [-0.1, -0.05) is 11.6 Å². The van der Waals surface area contributed by atoms with Crippen molar-refractivity contribution >= 4 is 38.9 Å². The molecule has 0 saturated heterocycles. The molecule has 0 radical (unpaired) electrons. The van der Waals surface area contributed by atoms with Gasteiger partial charge in [0.05, 0.1) is 16.3 Å².